The van der Waals surface area contributed by atoms with Gasteiger partial charge in [0.2, 0.25) is 0 Å². The zero-order valence-electron chi connectivity index (χ0n) is 13.5. The lowest BCUT2D eigenvalue weighted by molar-refractivity contribution is -0.000482. The van der Waals surface area contributed by atoms with Gasteiger partial charge in [0.1, 0.15) is 5.82 Å². The molecule has 1 aliphatic carbocycles. The minimum Gasteiger partial charge on any atom is -0.377 e. The minimum absolute atomic E-state index is 0.000245. The molecule has 1 heterocycles. The molecule has 2 aliphatic rings. The van der Waals surface area contributed by atoms with Crippen LogP contribution < -0.4 is 5.32 Å². The van der Waals surface area contributed by atoms with Crippen molar-refractivity contribution in [3.63, 3.8) is 0 Å². The summed E-state index contributed by atoms with van der Waals surface area (Å²) in [4.78, 5) is 14.4. The smallest absolute Gasteiger partial charge is 0.317 e. The molecule has 0 aromatic heterocycles. The van der Waals surface area contributed by atoms with Crippen molar-refractivity contribution >= 4 is 6.03 Å². The summed E-state index contributed by atoms with van der Waals surface area (Å²) in [5.41, 5.74) is 1.03. The fourth-order valence-electron chi connectivity index (χ4n) is 3.30. The van der Waals surface area contributed by atoms with Crippen molar-refractivity contribution in [2.45, 2.75) is 38.1 Å². The molecule has 126 valence electrons. The molecule has 0 spiro atoms. The van der Waals surface area contributed by atoms with Gasteiger partial charge in [-0.05, 0) is 36.5 Å². The van der Waals surface area contributed by atoms with E-state index in [0.29, 0.717) is 32.7 Å². The maximum atomic E-state index is 12.9. The summed E-state index contributed by atoms with van der Waals surface area (Å²) in [6.45, 7) is 2.51. The van der Waals surface area contributed by atoms with Gasteiger partial charge < -0.3 is 15.0 Å². The molecule has 3 rings (SSSR count). The van der Waals surface area contributed by atoms with Crippen LogP contribution in [0.5, 0.6) is 0 Å². The lowest BCUT2D eigenvalue weighted by Gasteiger charge is -2.39. The number of ether oxygens (including phenoxy) is 1. The molecular weight excluding hydrogens is 295 g/mol. The van der Waals surface area contributed by atoms with Crippen LogP contribution in [0.4, 0.5) is 9.18 Å². The first-order chi connectivity index (χ1) is 11.2. The maximum Gasteiger partial charge on any atom is 0.317 e. The molecule has 1 aliphatic heterocycles. The molecule has 1 N–H and O–H groups in total. The molecular formula is C18H25FN2O2. The van der Waals surface area contributed by atoms with Crippen LogP contribution in [0.3, 0.4) is 0 Å². The van der Waals surface area contributed by atoms with E-state index >= 15 is 0 Å². The van der Waals surface area contributed by atoms with Crippen LogP contribution in [0.15, 0.2) is 24.3 Å². The number of urea groups is 1. The van der Waals surface area contributed by atoms with E-state index in [2.05, 4.69) is 5.32 Å². The number of amides is 2. The molecule has 0 bridgehead atoms. The number of halogens is 1. The Morgan fingerprint density at radius 2 is 2.09 bits per heavy atom. The molecule has 2 fully saturated rings. The van der Waals surface area contributed by atoms with Crippen molar-refractivity contribution in [2.75, 3.05) is 26.3 Å². The summed E-state index contributed by atoms with van der Waals surface area (Å²) in [6.07, 6.45) is 5.67. The summed E-state index contributed by atoms with van der Waals surface area (Å²) in [5, 5.41) is 2.99. The Kier molecular flexibility index (Phi) is 5.49. The van der Waals surface area contributed by atoms with E-state index in [1.807, 2.05) is 4.90 Å². The van der Waals surface area contributed by atoms with Crippen molar-refractivity contribution in [1.29, 1.82) is 0 Å². The molecule has 2 amide bonds. The predicted molar refractivity (Wildman–Crippen MR) is 86.8 cm³/mol. The van der Waals surface area contributed by atoms with E-state index in [1.54, 1.807) is 12.1 Å². The number of morpholine rings is 1. The molecule has 4 nitrogen and oxygen atoms in total. The fourth-order valence-corrected chi connectivity index (χ4v) is 3.30. The topological polar surface area (TPSA) is 41.6 Å². The van der Waals surface area contributed by atoms with Gasteiger partial charge in [0.05, 0.1) is 19.3 Å². The Morgan fingerprint density at radius 3 is 2.78 bits per heavy atom. The van der Waals surface area contributed by atoms with Crippen LogP contribution in [0.1, 0.15) is 31.2 Å². The zero-order valence-corrected chi connectivity index (χ0v) is 13.5. The first kappa shape index (κ1) is 16.2. The quantitative estimate of drug-likeness (QED) is 0.906. The highest BCUT2D eigenvalue weighted by atomic mass is 19.1. The second kappa shape index (κ2) is 7.77. The molecule has 1 saturated carbocycles. The molecule has 1 unspecified atom stereocenters. The minimum atomic E-state index is -0.232. The van der Waals surface area contributed by atoms with Gasteiger partial charge in [0, 0.05) is 13.1 Å². The molecule has 1 aromatic rings. The Bertz CT molecular complexity index is 516. The van der Waals surface area contributed by atoms with Crippen LogP contribution in [0.2, 0.25) is 0 Å². The van der Waals surface area contributed by atoms with Crippen LogP contribution in [0, 0.1) is 11.7 Å². The van der Waals surface area contributed by atoms with Crippen molar-refractivity contribution in [2.24, 2.45) is 5.92 Å². The summed E-state index contributed by atoms with van der Waals surface area (Å²) < 4.78 is 18.4. The van der Waals surface area contributed by atoms with Crippen molar-refractivity contribution in [1.82, 2.24) is 10.2 Å². The Hall–Kier alpha value is -1.62. The highest BCUT2D eigenvalue weighted by Gasteiger charge is 2.31. The number of hydrogen-bond acceptors (Lipinski definition) is 2. The second-order valence-corrected chi connectivity index (χ2v) is 6.56. The molecule has 5 heteroatoms. The summed E-state index contributed by atoms with van der Waals surface area (Å²) in [5.74, 6) is 0.529. The highest BCUT2D eigenvalue weighted by molar-refractivity contribution is 5.74. The SMILES string of the molecule is O=C(NCCc1ccc(F)cc1)N1CCOCC1CC1CCC1. The fraction of sp³-hybridized carbons (Fsp3) is 0.611. The molecule has 1 saturated heterocycles. The number of nitrogens with zero attached hydrogens (tertiary/aromatic N) is 1. The standard InChI is InChI=1S/C18H25FN2O2/c19-16-6-4-14(5-7-16)8-9-20-18(22)21-10-11-23-13-17(21)12-15-2-1-3-15/h4-7,15,17H,1-3,8-13H2,(H,20,22). The monoisotopic (exact) mass is 320 g/mol. The zero-order chi connectivity index (χ0) is 16.1. The summed E-state index contributed by atoms with van der Waals surface area (Å²) >= 11 is 0. The predicted octanol–water partition coefficient (Wildman–Crippen LogP) is 2.97. The van der Waals surface area contributed by atoms with Crippen LogP contribution in [-0.4, -0.2) is 43.3 Å². The van der Waals surface area contributed by atoms with E-state index in [9.17, 15) is 9.18 Å². The first-order valence-corrected chi connectivity index (χ1v) is 8.59. The van der Waals surface area contributed by atoms with Gasteiger partial charge in [-0.1, -0.05) is 31.4 Å². The number of hydrogen-bond donors (Lipinski definition) is 1. The Morgan fingerprint density at radius 1 is 1.30 bits per heavy atom. The van der Waals surface area contributed by atoms with Crippen molar-refractivity contribution < 1.29 is 13.9 Å². The third-order valence-electron chi connectivity index (χ3n) is 4.92. The van der Waals surface area contributed by atoms with E-state index < -0.39 is 0 Å². The van der Waals surface area contributed by atoms with Crippen molar-refractivity contribution in [3.8, 4) is 0 Å². The van der Waals surface area contributed by atoms with E-state index in [4.69, 9.17) is 4.74 Å². The molecule has 23 heavy (non-hydrogen) atoms. The highest BCUT2D eigenvalue weighted by Crippen LogP contribution is 2.32. The van der Waals surface area contributed by atoms with Crippen LogP contribution >= 0.6 is 0 Å². The first-order valence-electron chi connectivity index (χ1n) is 8.59. The average molecular weight is 320 g/mol. The van der Waals surface area contributed by atoms with Crippen LogP contribution in [-0.2, 0) is 11.2 Å². The Labute approximate surface area is 137 Å². The summed E-state index contributed by atoms with van der Waals surface area (Å²) in [6, 6.07) is 6.63. The van der Waals surface area contributed by atoms with Gasteiger partial charge in [-0.2, -0.15) is 0 Å². The second-order valence-electron chi connectivity index (χ2n) is 6.56. The lowest BCUT2D eigenvalue weighted by Crippen LogP contribution is -2.53. The molecule has 1 atom stereocenters. The van der Waals surface area contributed by atoms with Gasteiger partial charge in [0.15, 0.2) is 0 Å². The van der Waals surface area contributed by atoms with Gasteiger partial charge in [-0.25, -0.2) is 9.18 Å². The number of benzene rings is 1. The van der Waals surface area contributed by atoms with E-state index in [1.165, 1.54) is 31.4 Å². The van der Waals surface area contributed by atoms with Gasteiger partial charge in [-0.15, -0.1) is 0 Å². The Balaban J connectivity index is 1.46. The van der Waals surface area contributed by atoms with Gasteiger partial charge in [0.25, 0.3) is 0 Å². The summed E-state index contributed by atoms with van der Waals surface area (Å²) in [7, 11) is 0. The third-order valence-corrected chi connectivity index (χ3v) is 4.92. The normalized spacial score (nSPS) is 21.8. The number of carbonyl (C=O) groups excluding carboxylic acids is 1. The van der Waals surface area contributed by atoms with Gasteiger partial charge in [-0.3, -0.25) is 0 Å². The molecule has 0 radical (unpaired) electrons. The maximum absolute atomic E-state index is 12.9. The van der Waals surface area contributed by atoms with E-state index in [-0.39, 0.29) is 17.9 Å². The number of rotatable bonds is 5. The number of carbonyl (C=O) groups is 1. The third kappa shape index (κ3) is 4.44. The lowest BCUT2D eigenvalue weighted by atomic mass is 9.80. The largest absolute Gasteiger partial charge is 0.377 e. The molecule has 1 aromatic carbocycles. The number of nitrogens with one attached hydrogen (secondary N) is 1. The average Bonchev–Trinajstić information content (AvgIpc) is 2.53. The van der Waals surface area contributed by atoms with Gasteiger partial charge >= 0.3 is 6.03 Å². The van der Waals surface area contributed by atoms with Crippen molar-refractivity contribution in [3.05, 3.63) is 35.6 Å². The van der Waals surface area contributed by atoms with E-state index in [0.717, 1.165) is 17.9 Å². The van der Waals surface area contributed by atoms with Crippen LogP contribution in [0.25, 0.3) is 0 Å².